The highest BCUT2D eigenvalue weighted by Crippen LogP contribution is 2.41. The topological polar surface area (TPSA) is 98.4 Å². The van der Waals surface area contributed by atoms with Crippen molar-refractivity contribution in [1.29, 1.82) is 0 Å². The molecule has 7 nitrogen and oxygen atoms in total. The van der Waals surface area contributed by atoms with Crippen LogP contribution < -0.4 is 0 Å². The van der Waals surface area contributed by atoms with Gasteiger partial charge in [0.2, 0.25) is 0 Å². The number of carboxylic acid groups (broad SMARTS) is 1. The second-order valence-electron chi connectivity index (χ2n) is 5.87. The van der Waals surface area contributed by atoms with Crippen molar-refractivity contribution in [2.24, 2.45) is 10.3 Å². The molecular formula is C18H13F3N4O3. The average molecular weight is 390 g/mol. The minimum absolute atomic E-state index is 0.0690. The third kappa shape index (κ3) is 3.65. The smallest absolute Gasteiger partial charge is 0.416 e. The summed E-state index contributed by atoms with van der Waals surface area (Å²) in [6, 6.07) is 11.7. The SMILES string of the molecule is O=C(O)CC(O)C1(c2ccccn2)N=NN1C#Cc1cccc(C(F)(F)F)c1. The van der Waals surface area contributed by atoms with Gasteiger partial charge in [0.15, 0.2) is 0 Å². The molecule has 1 aliphatic rings. The fourth-order valence-electron chi connectivity index (χ4n) is 2.61. The quantitative estimate of drug-likeness (QED) is 0.783. The zero-order chi connectivity index (χ0) is 20.4. The van der Waals surface area contributed by atoms with E-state index in [0.29, 0.717) is 0 Å². The van der Waals surface area contributed by atoms with Crippen molar-refractivity contribution < 1.29 is 28.2 Å². The van der Waals surface area contributed by atoms with Crippen LogP contribution in [0.3, 0.4) is 0 Å². The fraction of sp³-hybridized carbons (Fsp3) is 0.222. The standard InChI is InChI=1S/C18H13F3N4O3/c19-18(20,21)13-5-3-4-12(10-13)7-9-25-17(23-24-25,15(26)11-16(27)28)14-6-1-2-8-22-14/h1-6,8,10,15,26H,11H2,(H,27,28). The highest BCUT2D eigenvalue weighted by atomic mass is 19.4. The molecule has 0 fully saturated rings. The summed E-state index contributed by atoms with van der Waals surface area (Å²) in [6.45, 7) is 0. The maximum atomic E-state index is 12.8. The van der Waals surface area contributed by atoms with Gasteiger partial charge < -0.3 is 10.2 Å². The van der Waals surface area contributed by atoms with Crippen LogP contribution in [0, 0.1) is 12.0 Å². The van der Waals surface area contributed by atoms with E-state index in [1.165, 1.54) is 24.4 Å². The monoisotopic (exact) mass is 390 g/mol. The first-order valence-electron chi connectivity index (χ1n) is 7.97. The highest BCUT2D eigenvalue weighted by molar-refractivity contribution is 5.67. The lowest BCUT2D eigenvalue weighted by Gasteiger charge is -2.41. The summed E-state index contributed by atoms with van der Waals surface area (Å²) >= 11 is 0. The molecule has 0 aliphatic carbocycles. The lowest BCUT2D eigenvalue weighted by Crippen LogP contribution is -2.54. The Bertz CT molecular complexity index is 969. The molecule has 0 amide bonds. The predicted octanol–water partition coefficient (Wildman–Crippen LogP) is 2.78. The number of hydrogen-bond acceptors (Lipinski definition) is 6. The van der Waals surface area contributed by atoms with Gasteiger partial charge in [0.1, 0.15) is 6.10 Å². The number of aliphatic carboxylic acids is 1. The minimum Gasteiger partial charge on any atom is -0.481 e. The van der Waals surface area contributed by atoms with Crippen LogP contribution in [0.4, 0.5) is 13.2 Å². The van der Waals surface area contributed by atoms with Crippen molar-refractivity contribution in [1.82, 2.24) is 9.99 Å². The molecule has 0 saturated heterocycles. The van der Waals surface area contributed by atoms with E-state index in [4.69, 9.17) is 5.11 Å². The number of halogens is 3. The molecule has 2 unspecified atom stereocenters. The number of aromatic nitrogens is 1. The lowest BCUT2D eigenvalue weighted by molar-refractivity contribution is -0.144. The molecule has 28 heavy (non-hydrogen) atoms. The van der Waals surface area contributed by atoms with Crippen LogP contribution in [0.25, 0.3) is 0 Å². The van der Waals surface area contributed by atoms with Gasteiger partial charge in [0.05, 0.1) is 17.7 Å². The zero-order valence-electron chi connectivity index (χ0n) is 14.1. The van der Waals surface area contributed by atoms with E-state index in [-0.39, 0.29) is 11.3 Å². The Kier molecular flexibility index (Phi) is 5.02. The van der Waals surface area contributed by atoms with Crippen LogP contribution in [-0.4, -0.2) is 32.3 Å². The van der Waals surface area contributed by atoms with Gasteiger partial charge in [0, 0.05) is 17.8 Å². The molecule has 0 spiro atoms. The molecule has 1 aliphatic heterocycles. The van der Waals surface area contributed by atoms with Gasteiger partial charge in [-0.2, -0.15) is 18.2 Å². The van der Waals surface area contributed by atoms with Crippen molar-refractivity contribution >= 4 is 5.97 Å². The number of aliphatic hydroxyl groups is 1. The lowest BCUT2D eigenvalue weighted by atomic mass is 9.94. The Labute approximate surface area is 157 Å². The molecule has 2 atom stereocenters. The van der Waals surface area contributed by atoms with Gasteiger partial charge in [-0.15, -0.1) is 5.11 Å². The molecule has 0 bridgehead atoms. The van der Waals surface area contributed by atoms with Gasteiger partial charge >= 0.3 is 12.1 Å². The summed E-state index contributed by atoms with van der Waals surface area (Å²) in [7, 11) is 0. The molecule has 1 aromatic carbocycles. The van der Waals surface area contributed by atoms with E-state index in [2.05, 4.69) is 27.3 Å². The van der Waals surface area contributed by atoms with Crippen molar-refractivity contribution in [2.45, 2.75) is 24.4 Å². The van der Waals surface area contributed by atoms with Gasteiger partial charge in [0.25, 0.3) is 5.66 Å². The number of carbonyl (C=O) groups is 1. The number of rotatable bonds is 4. The minimum atomic E-state index is -4.51. The van der Waals surface area contributed by atoms with E-state index < -0.39 is 35.9 Å². The largest absolute Gasteiger partial charge is 0.481 e. The third-order valence-electron chi connectivity index (χ3n) is 3.98. The Morgan fingerprint density at radius 2 is 2.04 bits per heavy atom. The molecule has 144 valence electrons. The van der Waals surface area contributed by atoms with Crippen LogP contribution in [-0.2, 0) is 16.6 Å². The van der Waals surface area contributed by atoms with Crippen LogP contribution in [0.1, 0.15) is 23.2 Å². The number of aliphatic hydroxyl groups excluding tert-OH is 1. The maximum absolute atomic E-state index is 12.8. The Balaban J connectivity index is 1.96. The Morgan fingerprint density at radius 3 is 2.61 bits per heavy atom. The molecule has 2 heterocycles. The van der Waals surface area contributed by atoms with Crippen LogP contribution in [0.5, 0.6) is 0 Å². The van der Waals surface area contributed by atoms with Crippen molar-refractivity contribution in [3.8, 4) is 12.0 Å². The summed E-state index contributed by atoms with van der Waals surface area (Å²) in [5.41, 5.74) is -2.24. The number of alkyl halides is 3. The van der Waals surface area contributed by atoms with Crippen LogP contribution in [0.2, 0.25) is 0 Å². The molecule has 2 N–H and O–H groups in total. The van der Waals surface area contributed by atoms with Gasteiger partial charge in [-0.3, -0.25) is 9.78 Å². The number of carboxylic acids is 1. The average Bonchev–Trinajstić information content (AvgIpc) is 2.61. The number of benzene rings is 1. The second kappa shape index (κ2) is 7.28. The predicted molar refractivity (Wildman–Crippen MR) is 89.2 cm³/mol. The van der Waals surface area contributed by atoms with Gasteiger partial charge in [-0.25, -0.2) is 0 Å². The molecule has 0 saturated carbocycles. The van der Waals surface area contributed by atoms with Crippen molar-refractivity contribution in [3.63, 3.8) is 0 Å². The molecule has 2 aromatic rings. The second-order valence-corrected chi connectivity index (χ2v) is 5.87. The summed E-state index contributed by atoms with van der Waals surface area (Å²) in [5.74, 6) is 1.26. The summed E-state index contributed by atoms with van der Waals surface area (Å²) in [5, 5.41) is 28.0. The van der Waals surface area contributed by atoms with Crippen LogP contribution >= 0.6 is 0 Å². The van der Waals surface area contributed by atoms with E-state index >= 15 is 0 Å². The van der Waals surface area contributed by atoms with E-state index in [0.717, 1.165) is 17.1 Å². The van der Waals surface area contributed by atoms with Crippen molar-refractivity contribution in [2.75, 3.05) is 0 Å². The van der Waals surface area contributed by atoms with Crippen molar-refractivity contribution in [3.05, 3.63) is 65.5 Å². The molecular weight excluding hydrogens is 377 g/mol. The summed E-state index contributed by atoms with van der Waals surface area (Å²) in [4.78, 5) is 15.1. The zero-order valence-corrected chi connectivity index (χ0v) is 14.1. The first kappa shape index (κ1) is 19.3. The summed E-state index contributed by atoms with van der Waals surface area (Å²) in [6.07, 6.45) is -5.27. The van der Waals surface area contributed by atoms with Gasteiger partial charge in [-0.1, -0.05) is 17.4 Å². The van der Waals surface area contributed by atoms with E-state index in [1.54, 1.807) is 12.1 Å². The Morgan fingerprint density at radius 1 is 1.25 bits per heavy atom. The molecule has 0 radical (unpaired) electrons. The van der Waals surface area contributed by atoms with Crippen LogP contribution in [0.15, 0.2) is 59.0 Å². The van der Waals surface area contributed by atoms with E-state index in [9.17, 15) is 23.1 Å². The molecule has 1 aromatic heterocycles. The van der Waals surface area contributed by atoms with E-state index in [1.807, 2.05) is 0 Å². The first-order valence-corrected chi connectivity index (χ1v) is 7.97. The normalized spacial score (nSPS) is 19.4. The highest BCUT2D eigenvalue weighted by Gasteiger charge is 2.53. The first-order chi connectivity index (χ1) is 13.2. The third-order valence-corrected chi connectivity index (χ3v) is 3.98. The maximum Gasteiger partial charge on any atom is 0.416 e. The number of hydrogen-bond donors (Lipinski definition) is 2. The summed E-state index contributed by atoms with van der Waals surface area (Å²) < 4.78 is 38.5. The number of nitrogens with zero attached hydrogens (tertiary/aromatic N) is 4. The number of pyridine rings is 1. The fourth-order valence-corrected chi connectivity index (χ4v) is 2.61. The Hall–Kier alpha value is -3.45. The van der Waals surface area contributed by atoms with Gasteiger partial charge in [-0.05, 0) is 36.3 Å². The molecule has 3 rings (SSSR count). The molecule has 10 heteroatoms.